The Kier molecular flexibility index (Phi) is 15.0. The highest BCUT2D eigenvalue weighted by Gasteiger charge is 2.10. The van der Waals surface area contributed by atoms with Crippen LogP contribution in [0.15, 0.2) is 106 Å². The molecule has 0 radical (unpaired) electrons. The molecule has 2 heterocycles. The van der Waals surface area contributed by atoms with E-state index in [-0.39, 0.29) is 18.2 Å². The van der Waals surface area contributed by atoms with Crippen molar-refractivity contribution < 1.29 is 32.2 Å². The third-order valence-corrected chi connectivity index (χ3v) is 8.60. The highest BCUT2D eigenvalue weighted by atomic mass is 19.1. The highest BCUT2D eigenvalue weighted by molar-refractivity contribution is 5.79. The molecule has 282 valence electrons. The van der Waals surface area contributed by atoms with Crippen molar-refractivity contribution in [2.24, 2.45) is 0 Å². The van der Waals surface area contributed by atoms with Gasteiger partial charge in [0.25, 0.3) is 0 Å². The molecular weight excluding hydrogens is 674 g/mol. The summed E-state index contributed by atoms with van der Waals surface area (Å²) in [5.74, 6) is 2.08. The van der Waals surface area contributed by atoms with Crippen LogP contribution in [0, 0.1) is 11.6 Å². The van der Waals surface area contributed by atoms with Crippen LogP contribution in [-0.4, -0.2) is 49.6 Å². The van der Waals surface area contributed by atoms with E-state index >= 15 is 0 Å². The van der Waals surface area contributed by atoms with Gasteiger partial charge >= 0.3 is 0 Å². The Morgan fingerprint density at radius 3 is 1.72 bits per heavy atom. The van der Waals surface area contributed by atoms with Gasteiger partial charge in [0.1, 0.15) is 52.8 Å². The second-order valence-electron chi connectivity index (χ2n) is 13.9. The van der Waals surface area contributed by atoms with E-state index in [4.69, 9.17) is 18.3 Å². The van der Waals surface area contributed by atoms with Gasteiger partial charge in [-0.1, -0.05) is 64.1 Å². The van der Waals surface area contributed by atoms with Gasteiger partial charge in [-0.25, -0.2) is 8.78 Å². The predicted molar refractivity (Wildman–Crippen MR) is 207 cm³/mol. The van der Waals surface area contributed by atoms with Crippen molar-refractivity contribution in [2.75, 3.05) is 26.3 Å². The first-order chi connectivity index (χ1) is 25.6. The number of aryl methyl sites for hydroxylation is 4. The second-order valence-corrected chi connectivity index (χ2v) is 13.9. The van der Waals surface area contributed by atoms with E-state index < -0.39 is 6.10 Å². The molecule has 9 heteroatoms. The van der Waals surface area contributed by atoms with Crippen LogP contribution in [-0.2, 0) is 37.0 Å². The molecule has 1 atom stereocenters. The van der Waals surface area contributed by atoms with E-state index in [9.17, 15) is 13.9 Å². The Morgan fingerprint density at radius 2 is 1.15 bits per heavy atom. The Morgan fingerprint density at radius 1 is 0.623 bits per heavy atom. The summed E-state index contributed by atoms with van der Waals surface area (Å²) in [5.41, 5.74) is 4.94. The number of ether oxygens (including phenoxy) is 2. The number of hydrogen-bond acceptors (Lipinski definition) is 7. The maximum Gasteiger partial charge on any atom is 0.137 e. The van der Waals surface area contributed by atoms with Gasteiger partial charge < -0.3 is 34.0 Å². The lowest BCUT2D eigenvalue weighted by Gasteiger charge is -2.14. The minimum Gasteiger partial charge on any atom is -0.491 e. The lowest BCUT2D eigenvalue weighted by molar-refractivity contribution is 0.104. The Labute approximate surface area is 311 Å². The molecule has 3 N–H and O–H groups in total. The van der Waals surface area contributed by atoms with Crippen LogP contribution in [0.5, 0.6) is 5.75 Å². The fraction of sp³-hybridized carbons (Fsp3) is 0.364. The number of benzene rings is 4. The van der Waals surface area contributed by atoms with Crippen LogP contribution in [0.2, 0.25) is 0 Å². The molecule has 0 saturated heterocycles. The van der Waals surface area contributed by atoms with Crippen molar-refractivity contribution in [3.05, 3.63) is 137 Å². The maximum atomic E-state index is 13.0. The standard InChI is InChI=1S/C22H26FNO3.C22H26FNO2/c1-15(2)24-13-19(25)14-26-20-10-6-17-11-21(27-22(17)12-20)9-5-16-3-7-18(23)8-4-16;1-16(2)24-11-12-25-15-18-3-7-19-14-21(26-22(19)13-18)10-6-17-4-8-20(23)9-5-17/h3-4,6-8,10-12,15,19,24-25H,5,9,13-14H2,1-2H3;3-5,7-9,13-14,16,24H,6,10-12,15H2,1-2H3. The van der Waals surface area contributed by atoms with E-state index in [0.717, 1.165) is 82.4 Å². The quantitative estimate of drug-likeness (QED) is 0.0763. The van der Waals surface area contributed by atoms with Crippen LogP contribution in [0.25, 0.3) is 21.9 Å². The number of aliphatic hydroxyl groups is 1. The lowest BCUT2D eigenvalue weighted by Crippen LogP contribution is -2.35. The average Bonchev–Trinajstić information content (AvgIpc) is 3.75. The van der Waals surface area contributed by atoms with Gasteiger partial charge in [0, 0.05) is 54.9 Å². The smallest absolute Gasteiger partial charge is 0.137 e. The number of halogens is 2. The van der Waals surface area contributed by atoms with Gasteiger partial charge in [0.2, 0.25) is 0 Å². The van der Waals surface area contributed by atoms with Crippen LogP contribution < -0.4 is 15.4 Å². The molecule has 0 spiro atoms. The van der Waals surface area contributed by atoms with Crippen LogP contribution >= 0.6 is 0 Å². The molecule has 6 aromatic rings. The number of nitrogens with one attached hydrogen (secondary N) is 2. The molecule has 0 fully saturated rings. The number of hydrogen-bond donors (Lipinski definition) is 3. The fourth-order valence-corrected chi connectivity index (χ4v) is 5.69. The molecule has 6 rings (SSSR count). The molecule has 0 bridgehead atoms. The fourth-order valence-electron chi connectivity index (χ4n) is 5.69. The largest absolute Gasteiger partial charge is 0.491 e. The van der Waals surface area contributed by atoms with Gasteiger partial charge in [-0.3, -0.25) is 0 Å². The number of rotatable bonds is 18. The van der Waals surface area contributed by atoms with Crippen molar-refractivity contribution >= 4 is 21.9 Å². The van der Waals surface area contributed by atoms with Crippen LogP contribution in [0.4, 0.5) is 8.78 Å². The normalized spacial score (nSPS) is 12.1. The van der Waals surface area contributed by atoms with Crippen molar-refractivity contribution in [3.63, 3.8) is 0 Å². The van der Waals surface area contributed by atoms with Crippen molar-refractivity contribution in [1.29, 1.82) is 0 Å². The van der Waals surface area contributed by atoms with E-state index in [1.807, 2.05) is 56.3 Å². The van der Waals surface area contributed by atoms with E-state index in [2.05, 4.69) is 42.7 Å². The summed E-state index contributed by atoms with van der Waals surface area (Å²) in [6.07, 6.45) is 2.60. The summed E-state index contributed by atoms with van der Waals surface area (Å²) in [6, 6.07) is 30.0. The minimum absolute atomic E-state index is 0.202. The van der Waals surface area contributed by atoms with E-state index in [1.54, 1.807) is 12.1 Å². The van der Waals surface area contributed by atoms with Crippen LogP contribution in [0.1, 0.15) is 55.9 Å². The first kappa shape index (κ1) is 39.7. The van der Waals surface area contributed by atoms with Gasteiger partial charge in [0.15, 0.2) is 0 Å². The summed E-state index contributed by atoms with van der Waals surface area (Å²) in [5, 5.41) is 18.6. The summed E-state index contributed by atoms with van der Waals surface area (Å²) in [7, 11) is 0. The molecule has 1 unspecified atom stereocenters. The van der Waals surface area contributed by atoms with Crippen molar-refractivity contribution in [2.45, 2.75) is 78.2 Å². The predicted octanol–water partition coefficient (Wildman–Crippen LogP) is 8.97. The van der Waals surface area contributed by atoms with Gasteiger partial charge in [-0.05, 0) is 84.1 Å². The number of furan rings is 2. The molecule has 0 aliphatic rings. The molecule has 7 nitrogen and oxygen atoms in total. The molecule has 0 aliphatic heterocycles. The van der Waals surface area contributed by atoms with E-state index in [1.165, 1.54) is 24.3 Å². The van der Waals surface area contributed by atoms with E-state index in [0.29, 0.717) is 37.6 Å². The molecular formula is C44H52F2N2O5. The SMILES string of the molecule is CC(C)NCC(O)COc1ccc2cc(CCc3ccc(F)cc3)oc2c1.CC(C)NCCOCc1ccc2cc(CCc3ccc(F)cc3)oc2c1. The Bertz CT molecular complexity index is 1970. The molecule has 4 aromatic carbocycles. The summed E-state index contributed by atoms with van der Waals surface area (Å²) in [4.78, 5) is 0. The van der Waals surface area contributed by atoms with Crippen LogP contribution in [0.3, 0.4) is 0 Å². The Hall–Kier alpha value is -4.54. The number of aliphatic hydroxyl groups excluding tert-OH is 1. The third kappa shape index (κ3) is 13.4. The first-order valence-corrected chi connectivity index (χ1v) is 18.5. The van der Waals surface area contributed by atoms with Crippen molar-refractivity contribution in [1.82, 2.24) is 10.6 Å². The van der Waals surface area contributed by atoms with Gasteiger partial charge in [0.05, 0.1) is 13.2 Å². The monoisotopic (exact) mass is 726 g/mol. The Balaban J connectivity index is 0.000000204. The molecule has 0 amide bonds. The van der Waals surface area contributed by atoms with Gasteiger partial charge in [-0.15, -0.1) is 0 Å². The molecule has 0 saturated carbocycles. The number of fused-ring (bicyclic) bond motifs is 2. The zero-order chi connectivity index (χ0) is 37.6. The lowest BCUT2D eigenvalue weighted by atomic mass is 10.1. The highest BCUT2D eigenvalue weighted by Crippen LogP contribution is 2.26. The topological polar surface area (TPSA) is 89.0 Å². The summed E-state index contributed by atoms with van der Waals surface area (Å²) >= 11 is 0. The third-order valence-electron chi connectivity index (χ3n) is 8.60. The summed E-state index contributed by atoms with van der Waals surface area (Å²) in [6.45, 7) is 11.2. The zero-order valence-electron chi connectivity index (χ0n) is 31.2. The average molecular weight is 727 g/mol. The molecule has 2 aromatic heterocycles. The summed E-state index contributed by atoms with van der Waals surface area (Å²) < 4.78 is 49.2. The molecule has 53 heavy (non-hydrogen) atoms. The first-order valence-electron chi connectivity index (χ1n) is 18.5. The zero-order valence-corrected chi connectivity index (χ0v) is 31.2. The van der Waals surface area contributed by atoms with Gasteiger partial charge in [-0.2, -0.15) is 0 Å². The minimum atomic E-state index is -0.564. The maximum absolute atomic E-state index is 13.0. The van der Waals surface area contributed by atoms with Crippen molar-refractivity contribution in [3.8, 4) is 5.75 Å². The second kappa shape index (κ2) is 20.1. The molecule has 0 aliphatic carbocycles.